The van der Waals surface area contributed by atoms with E-state index in [0.717, 1.165) is 22.8 Å². The van der Waals surface area contributed by atoms with E-state index in [4.69, 9.17) is 0 Å². The van der Waals surface area contributed by atoms with Crippen LogP contribution in [0.25, 0.3) is 5.69 Å². The topological polar surface area (TPSA) is 59.8 Å². The maximum Gasteiger partial charge on any atom is 0.237 e. The molecule has 0 aliphatic carbocycles. The molecule has 0 unspecified atom stereocenters. The molecule has 1 amide bonds. The van der Waals surface area contributed by atoms with Gasteiger partial charge in [-0.25, -0.2) is 0 Å². The van der Waals surface area contributed by atoms with E-state index in [0.29, 0.717) is 11.1 Å². The van der Waals surface area contributed by atoms with Gasteiger partial charge in [0.25, 0.3) is 0 Å². The van der Waals surface area contributed by atoms with Crippen LogP contribution in [0.15, 0.2) is 59.8 Å². The number of rotatable bonds is 6. The van der Waals surface area contributed by atoms with Gasteiger partial charge in [-0.05, 0) is 43.5 Å². The first-order valence-electron chi connectivity index (χ1n) is 9.01. The van der Waals surface area contributed by atoms with E-state index in [9.17, 15) is 4.79 Å². The summed E-state index contributed by atoms with van der Waals surface area (Å²) in [6, 6.07) is 17.9. The number of aromatic nitrogens is 3. The van der Waals surface area contributed by atoms with E-state index in [1.165, 1.54) is 11.8 Å². The molecule has 0 fully saturated rings. The van der Waals surface area contributed by atoms with Crippen molar-refractivity contribution in [1.82, 2.24) is 14.8 Å². The lowest BCUT2D eigenvalue weighted by Crippen LogP contribution is -2.23. The number of hydrogen-bond acceptors (Lipinski definition) is 4. The largest absolute Gasteiger partial charge is 0.325 e. The number of carbonyl (C=O) groups excluding carboxylic acids is 1. The molecule has 0 radical (unpaired) electrons. The molecule has 6 heteroatoms. The lowest BCUT2D eigenvalue weighted by atomic mass is 10.0. The number of thioether (sulfide) groups is 1. The summed E-state index contributed by atoms with van der Waals surface area (Å²) in [5.74, 6) is 1.09. The van der Waals surface area contributed by atoms with Gasteiger partial charge in [0.05, 0.1) is 5.25 Å². The number of aryl methyl sites for hydroxylation is 1. The molecule has 1 N–H and O–H groups in total. The summed E-state index contributed by atoms with van der Waals surface area (Å²) < 4.78 is 1.97. The number of anilines is 1. The molecule has 0 saturated carbocycles. The molecule has 27 heavy (non-hydrogen) atoms. The zero-order valence-electron chi connectivity index (χ0n) is 16.0. The third kappa shape index (κ3) is 4.39. The van der Waals surface area contributed by atoms with Crippen molar-refractivity contribution in [3.63, 3.8) is 0 Å². The van der Waals surface area contributed by atoms with E-state index in [2.05, 4.69) is 29.4 Å². The molecule has 1 atom stereocenters. The van der Waals surface area contributed by atoms with Gasteiger partial charge in [-0.2, -0.15) is 0 Å². The number of carbonyl (C=O) groups is 1. The summed E-state index contributed by atoms with van der Waals surface area (Å²) in [6.07, 6.45) is 0. The van der Waals surface area contributed by atoms with Gasteiger partial charge in [-0.15, -0.1) is 10.2 Å². The molecule has 140 valence electrons. The lowest BCUT2D eigenvalue weighted by Gasteiger charge is -2.16. The summed E-state index contributed by atoms with van der Waals surface area (Å²) in [6.45, 7) is 8.04. The van der Waals surface area contributed by atoms with E-state index in [1.807, 2.05) is 73.0 Å². The monoisotopic (exact) mass is 380 g/mol. The van der Waals surface area contributed by atoms with Crippen LogP contribution in [-0.4, -0.2) is 25.9 Å². The van der Waals surface area contributed by atoms with Gasteiger partial charge in [-0.3, -0.25) is 9.36 Å². The van der Waals surface area contributed by atoms with Crippen molar-refractivity contribution >= 4 is 23.4 Å². The third-order valence-corrected chi connectivity index (χ3v) is 5.34. The van der Waals surface area contributed by atoms with Gasteiger partial charge in [-0.1, -0.05) is 62.0 Å². The van der Waals surface area contributed by atoms with Crippen LogP contribution in [-0.2, 0) is 4.79 Å². The zero-order chi connectivity index (χ0) is 19.4. The first kappa shape index (κ1) is 19.2. The summed E-state index contributed by atoms with van der Waals surface area (Å²) >= 11 is 1.40. The predicted molar refractivity (Wildman–Crippen MR) is 111 cm³/mol. The van der Waals surface area contributed by atoms with Gasteiger partial charge in [0.15, 0.2) is 5.16 Å². The van der Waals surface area contributed by atoms with Gasteiger partial charge in [0.2, 0.25) is 5.91 Å². The van der Waals surface area contributed by atoms with Gasteiger partial charge in [0.1, 0.15) is 5.82 Å². The van der Waals surface area contributed by atoms with Gasteiger partial charge < -0.3 is 5.32 Å². The minimum absolute atomic E-state index is 0.0478. The Morgan fingerprint density at radius 2 is 1.67 bits per heavy atom. The van der Waals surface area contributed by atoms with E-state index in [1.54, 1.807) is 0 Å². The summed E-state index contributed by atoms with van der Waals surface area (Å²) in [4.78, 5) is 12.8. The Morgan fingerprint density at radius 3 is 2.37 bits per heavy atom. The second kappa shape index (κ2) is 8.39. The van der Waals surface area contributed by atoms with Crippen LogP contribution in [0.2, 0.25) is 0 Å². The molecule has 0 aliphatic heterocycles. The molecule has 0 bridgehead atoms. The van der Waals surface area contributed by atoms with Crippen LogP contribution in [0.5, 0.6) is 0 Å². The van der Waals surface area contributed by atoms with Crippen LogP contribution in [0.1, 0.15) is 38.1 Å². The fourth-order valence-corrected chi connectivity index (χ4v) is 3.77. The van der Waals surface area contributed by atoms with Crippen LogP contribution in [0, 0.1) is 6.92 Å². The smallest absolute Gasteiger partial charge is 0.237 e. The van der Waals surface area contributed by atoms with Crippen LogP contribution < -0.4 is 5.32 Å². The average Bonchev–Trinajstić information content (AvgIpc) is 3.02. The fourth-order valence-electron chi connectivity index (χ4n) is 2.85. The summed E-state index contributed by atoms with van der Waals surface area (Å²) in [5.41, 5.74) is 2.98. The van der Waals surface area contributed by atoms with Crippen molar-refractivity contribution in [1.29, 1.82) is 0 Å². The van der Waals surface area contributed by atoms with Crippen molar-refractivity contribution in [2.24, 2.45) is 0 Å². The van der Waals surface area contributed by atoms with Crippen molar-refractivity contribution in [2.45, 2.75) is 44.0 Å². The highest BCUT2D eigenvalue weighted by Crippen LogP contribution is 2.28. The number of hydrogen-bond donors (Lipinski definition) is 1. The average molecular weight is 381 g/mol. The highest BCUT2D eigenvalue weighted by molar-refractivity contribution is 8.00. The maximum atomic E-state index is 12.8. The molecule has 2 aromatic carbocycles. The summed E-state index contributed by atoms with van der Waals surface area (Å²) in [7, 11) is 0. The Bertz CT molecular complexity index is 921. The normalized spacial score (nSPS) is 12.2. The van der Waals surface area contributed by atoms with Gasteiger partial charge in [0, 0.05) is 11.4 Å². The first-order chi connectivity index (χ1) is 13.0. The predicted octanol–water partition coefficient (Wildman–Crippen LogP) is 4.82. The molecule has 0 saturated heterocycles. The van der Waals surface area contributed by atoms with E-state index >= 15 is 0 Å². The SMILES string of the molecule is Cc1nnc(S[C@H](C)C(=O)Nc2ccccc2C(C)C)n1-c1ccccc1. The lowest BCUT2D eigenvalue weighted by molar-refractivity contribution is -0.115. The molecule has 5 nitrogen and oxygen atoms in total. The molecule has 1 aromatic heterocycles. The summed E-state index contributed by atoms with van der Waals surface area (Å²) in [5, 5.41) is 11.9. The number of para-hydroxylation sites is 2. The Hall–Kier alpha value is -2.60. The number of benzene rings is 2. The first-order valence-corrected chi connectivity index (χ1v) is 9.89. The quantitative estimate of drug-likeness (QED) is 0.623. The van der Waals surface area contributed by atoms with Crippen LogP contribution in [0.3, 0.4) is 0 Å². The molecule has 1 heterocycles. The highest BCUT2D eigenvalue weighted by atomic mass is 32.2. The third-order valence-electron chi connectivity index (χ3n) is 4.30. The Balaban J connectivity index is 1.77. The number of amides is 1. The molecule has 3 aromatic rings. The molecule has 3 rings (SSSR count). The molecule has 0 aliphatic rings. The Kier molecular flexibility index (Phi) is 5.96. The van der Waals surface area contributed by atoms with E-state index < -0.39 is 0 Å². The minimum atomic E-state index is -0.309. The Morgan fingerprint density at radius 1 is 1.00 bits per heavy atom. The van der Waals surface area contributed by atoms with Crippen LogP contribution >= 0.6 is 11.8 Å². The Labute approximate surface area is 164 Å². The highest BCUT2D eigenvalue weighted by Gasteiger charge is 2.21. The van der Waals surface area contributed by atoms with Crippen molar-refractivity contribution in [2.75, 3.05) is 5.32 Å². The standard InChI is InChI=1S/C21H24N4OS/c1-14(2)18-12-8-9-13-19(18)22-20(26)15(3)27-21-24-23-16(4)25(21)17-10-6-5-7-11-17/h5-15H,1-4H3,(H,22,26)/t15-/m1/s1. The van der Waals surface area contributed by atoms with E-state index in [-0.39, 0.29) is 11.2 Å². The number of nitrogens with one attached hydrogen (secondary N) is 1. The molecule has 0 spiro atoms. The molecular weight excluding hydrogens is 356 g/mol. The second-order valence-corrected chi connectivity index (χ2v) is 8.00. The number of nitrogens with zero attached hydrogens (tertiary/aromatic N) is 3. The zero-order valence-corrected chi connectivity index (χ0v) is 16.8. The van der Waals surface area contributed by atoms with Crippen LogP contribution in [0.4, 0.5) is 5.69 Å². The van der Waals surface area contributed by atoms with Gasteiger partial charge >= 0.3 is 0 Å². The van der Waals surface area contributed by atoms with Crippen molar-refractivity contribution < 1.29 is 4.79 Å². The van der Waals surface area contributed by atoms with Crippen molar-refractivity contribution in [3.8, 4) is 5.69 Å². The minimum Gasteiger partial charge on any atom is -0.325 e. The second-order valence-electron chi connectivity index (χ2n) is 6.69. The van der Waals surface area contributed by atoms with Crippen molar-refractivity contribution in [3.05, 3.63) is 66.0 Å². The molecular formula is C21H24N4OS. The maximum absolute atomic E-state index is 12.8. The fraction of sp³-hybridized carbons (Fsp3) is 0.286.